The van der Waals surface area contributed by atoms with E-state index in [2.05, 4.69) is 14.9 Å². The van der Waals surface area contributed by atoms with Gasteiger partial charge in [0.2, 0.25) is 0 Å². The van der Waals surface area contributed by atoms with Gasteiger partial charge >= 0.3 is 5.97 Å². The van der Waals surface area contributed by atoms with Gasteiger partial charge in [0.15, 0.2) is 0 Å². The molecule has 1 saturated heterocycles. The molecule has 0 spiro atoms. The second-order valence-corrected chi connectivity index (χ2v) is 6.05. The van der Waals surface area contributed by atoms with E-state index in [4.69, 9.17) is 5.11 Å². The molecule has 3 heterocycles. The first-order valence-corrected chi connectivity index (χ1v) is 7.40. The molecule has 0 aliphatic carbocycles. The van der Waals surface area contributed by atoms with Crippen LogP contribution in [0.4, 0.5) is 0 Å². The van der Waals surface area contributed by atoms with Gasteiger partial charge < -0.3 is 10.1 Å². The quantitative estimate of drug-likeness (QED) is 0.887. The zero-order chi connectivity index (χ0) is 14.1. The van der Waals surface area contributed by atoms with Crippen LogP contribution < -0.4 is 5.56 Å². The summed E-state index contributed by atoms with van der Waals surface area (Å²) in [5, 5.41) is 10.7. The van der Waals surface area contributed by atoms with Crippen molar-refractivity contribution < 1.29 is 9.90 Å². The Hall–Kier alpha value is -1.73. The molecule has 20 heavy (non-hydrogen) atoms. The molecule has 7 heteroatoms. The number of carboxylic acid groups (broad SMARTS) is 1. The minimum Gasteiger partial charge on any atom is -0.481 e. The summed E-state index contributed by atoms with van der Waals surface area (Å²) in [5.41, 5.74) is 0.635. The van der Waals surface area contributed by atoms with Crippen molar-refractivity contribution >= 4 is 27.5 Å². The summed E-state index contributed by atoms with van der Waals surface area (Å²) in [5.74, 6) is 0.101. The summed E-state index contributed by atoms with van der Waals surface area (Å²) >= 11 is 1.39. The Bertz CT molecular complexity index is 693. The predicted octanol–water partition coefficient (Wildman–Crippen LogP) is 1.28. The Morgan fingerprint density at radius 2 is 2.45 bits per heavy atom. The number of nitrogens with zero attached hydrogens (tertiary/aromatic N) is 2. The summed E-state index contributed by atoms with van der Waals surface area (Å²) in [4.78, 5) is 32.0. The lowest BCUT2D eigenvalue weighted by atomic mass is 10.1. The number of aromatic nitrogens is 2. The second-order valence-electron chi connectivity index (χ2n) is 5.14. The number of rotatable bonds is 4. The van der Waals surface area contributed by atoms with Crippen LogP contribution in [0.15, 0.2) is 16.2 Å². The highest BCUT2D eigenvalue weighted by Crippen LogP contribution is 2.21. The molecule has 1 aliphatic heterocycles. The number of aliphatic carboxylic acids is 1. The van der Waals surface area contributed by atoms with E-state index in [1.165, 1.54) is 11.3 Å². The van der Waals surface area contributed by atoms with Gasteiger partial charge in [-0.05, 0) is 30.3 Å². The normalized spacial score (nSPS) is 19.7. The van der Waals surface area contributed by atoms with Crippen LogP contribution in [0.25, 0.3) is 10.2 Å². The maximum absolute atomic E-state index is 11.9. The van der Waals surface area contributed by atoms with E-state index in [0.29, 0.717) is 17.1 Å². The van der Waals surface area contributed by atoms with E-state index >= 15 is 0 Å². The highest BCUT2D eigenvalue weighted by molar-refractivity contribution is 7.17. The van der Waals surface area contributed by atoms with Crippen LogP contribution >= 0.6 is 11.3 Å². The molecule has 0 amide bonds. The van der Waals surface area contributed by atoms with Crippen LogP contribution in [0.1, 0.15) is 18.7 Å². The van der Waals surface area contributed by atoms with Crippen molar-refractivity contribution in [2.45, 2.75) is 19.4 Å². The number of aromatic amines is 1. The molecule has 1 aliphatic rings. The maximum atomic E-state index is 11.9. The van der Waals surface area contributed by atoms with Gasteiger partial charge in [-0.2, -0.15) is 0 Å². The van der Waals surface area contributed by atoms with Gasteiger partial charge in [0, 0.05) is 13.0 Å². The number of fused-ring (bicyclic) bond motifs is 1. The molecule has 2 aromatic rings. The van der Waals surface area contributed by atoms with Crippen LogP contribution in [-0.2, 0) is 11.3 Å². The standard InChI is InChI=1S/C13H15N3O3S/c17-11(18)5-8-1-3-16(6-8)7-10-14-9-2-4-20-12(9)13(19)15-10/h2,4,8H,1,3,5-7H2,(H,17,18)(H,14,15,19). The summed E-state index contributed by atoms with van der Waals surface area (Å²) in [6.07, 6.45) is 1.10. The van der Waals surface area contributed by atoms with Crippen molar-refractivity contribution in [3.8, 4) is 0 Å². The Morgan fingerprint density at radius 1 is 1.60 bits per heavy atom. The smallest absolute Gasteiger partial charge is 0.303 e. The minimum absolute atomic E-state index is 0.0960. The molecule has 0 aromatic carbocycles. The average Bonchev–Trinajstić information content (AvgIpc) is 2.98. The Balaban J connectivity index is 1.71. The molecule has 106 valence electrons. The zero-order valence-corrected chi connectivity index (χ0v) is 11.7. The van der Waals surface area contributed by atoms with Crippen LogP contribution in [0.3, 0.4) is 0 Å². The van der Waals surface area contributed by atoms with Gasteiger partial charge in [-0.15, -0.1) is 11.3 Å². The highest BCUT2D eigenvalue weighted by Gasteiger charge is 2.25. The second kappa shape index (κ2) is 5.34. The third-order valence-electron chi connectivity index (χ3n) is 3.57. The molecule has 0 bridgehead atoms. The van der Waals surface area contributed by atoms with Crippen LogP contribution in [0.5, 0.6) is 0 Å². The molecular weight excluding hydrogens is 278 g/mol. The largest absolute Gasteiger partial charge is 0.481 e. The molecule has 2 aromatic heterocycles. The minimum atomic E-state index is -0.747. The van der Waals surface area contributed by atoms with Crippen LogP contribution in [0.2, 0.25) is 0 Å². The fourth-order valence-electron chi connectivity index (χ4n) is 2.68. The number of hydrogen-bond donors (Lipinski definition) is 2. The lowest BCUT2D eigenvalue weighted by Gasteiger charge is -2.14. The molecular formula is C13H15N3O3S. The van der Waals surface area contributed by atoms with Crippen molar-refractivity contribution in [2.75, 3.05) is 13.1 Å². The molecule has 0 radical (unpaired) electrons. The number of nitrogens with one attached hydrogen (secondary N) is 1. The average molecular weight is 293 g/mol. The van der Waals surface area contributed by atoms with Crippen LogP contribution in [-0.4, -0.2) is 39.0 Å². The fraction of sp³-hybridized carbons (Fsp3) is 0.462. The number of hydrogen-bond acceptors (Lipinski definition) is 5. The van der Waals surface area contributed by atoms with Gasteiger partial charge in [-0.3, -0.25) is 14.5 Å². The van der Waals surface area contributed by atoms with Crippen LogP contribution in [0, 0.1) is 5.92 Å². The SMILES string of the molecule is O=C(O)CC1CCN(Cc2nc3ccsc3c(=O)[nH]2)C1. The topological polar surface area (TPSA) is 86.3 Å². The molecule has 3 rings (SSSR count). The van der Waals surface area contributed by atoms with E-state index in [1.807, 2.05) is 11.4 Å². The Kier molecular flexibility index (Phi) is 3.54. The van der Waals surface area contributed by atoms with Gasteiger partial charge in [-0.1, -0.05) is 0 Å². The van der Waals surface area contributed by atoms with Crippen molar-refractivity contribution in [1.82, 2.24) is 14.9 Å². The predicted molar refractivity (Wildman–Crippen MR) is 75.9 cm³/mol. The molecule has 1 fully saturated rings. The highest BCUT2D eigenvalue weighted by atomic mass is 32.1. The Labute approximate surface area is 119 Å². The van der Waals surface area contributed by atoms with Gasteiger partial charge in [0.05, 0.1) is 12.1 Å². The first-order chi connectivity index (χ1) is 9.61. The monoisotopic (exact) mass is 293 g/mol. The van der Waals surface area contributed by atoms with Crippen molar-refractivity contribution in [2.24, 2.45) is 5.92 Å². The molecule has 1 unspecified atom stereocenters. The summed E-state index contributed by atoms with van der Waals surface area (Å²) < 4.78 is 0.652. The fourth-order valence-corrected chi connectivity index (χ4v) is 3.40. The third-order valence-corrected chi connectivity index (χ3v) is 4.47. The van der Waals surface area contributed by atoms with Crippen molar-refractivity contribution in [3.05, 3.63) is 27.6 Å². The summed E-state index contributed by atoms with van der Waals surface area (Å²) in [6.45, 7) is 2.16. The summed E-state index contributed by atoms with van der Waals surface area (Å²) in [6, 6.07) is 1.84. The molecule has 6 nitrogen and oxygen atoms in total. The Morgan fingerprint density at radius 3 is 3.25 bits per heavy atom. The number of thiophene rings is 1. The van der Waals surface area contributed by atoms with E-state index in [1.54, 1.807) is 0 Å². The van der Waals surface area contributed by atoms with E-state index < -0.39 is 5.97 Å². The molecule has 2 N–H and O–H groups in total. The maximum Gasteiger partial charge on any atom is 0.303 e. The zero-order valence-electron chi connectivity index (χ0n) is 10.8. The first kappa shape index (κ1) is 13.3. The lowest BCUT2D eigenvalue weighted by Crippen LogP contribution is -2.24. The summed E-state index contributed by atoms with van der Waals surface area (Å²) in [7, 11) is 0. The lowest BCUT2D eigenvalue weighted by molar-refractivity contribution is -0.138. The first-order valence-electron chi connectivity index (χ1n) is 6.52. The van der Waals surface area contributed by atoms with Gasteiger partial charge in [0.25, 0.3) is 5.56 Å². The number of likely N-dealkylation sites (tertiary alicyclic amines) is 1. The van der Waals surface area contributed by atoms with Crippen molar-refractivity contribution in [3.63, 3.8) is 0 Å². The van der Waals surface area contributed by atoms with Gasteiger partial charge in [-0.25, -0.2) is 4.98 Å². The van der Waals surface area contributed by atoms with Crippen molar-refractivity contribution in [1.29, 1.82) is 0 Å². The van der Waals surface area contributed by atoms with E-state index in [0.717, 1.165) is 25.0 Å². The molecule has 1 atom stereocenters. The number of carbonyl (C=O) groups is 1. The number of H-pyrrole nitrogens is 1. The van der Waals surface area contributed by atoms with Gasteiger partial charge in [0.1, 0.15) is 10.5 Å². The number of carboxylic acids is 1. The third kappa shape index (κ3) is 2.73. The molecule has 0 saturated carbocycles. The van der Waals surface area contributed by atoms with E-state index in [9.17, 15) is 9.59 Å². The van der Waals surface area contributed by atoms with E-state index in [-0.39, 0.29) is 17.9 Å².